The van der Waals surface area contributed by atoms with Crippen molar-refractivity contribution in [1.82, 2.24) is 5.32 Å². The zero-order valence-corrected chi connectivity index (χ0v) is 13.5. The number of primary amides is 1. The number of ketones is 1. The van der Waals surface area contributed by atoms with Crippen molar-refractivity contribution in [3.63, 3.8) is 0 Å². The van der Waals surface area contributed by atoms with Crippen molar-refractivity contribution in [2.45, 2.75) is 43.9 Å². The van der Waals surface area contributed by atoms with Gasteiger partial charge < -0.3 is 11.1 Å². The second-order valence-electron chi connectivity index (χ2n) is 5.26. The fourth-order valence-electron chi connectivity index (χ4n) is 2.39. The lowest BCUT2D eigenvalue weighted by atomic mass is 9.95. The number of carbonyl (C=O) groups excluding carboxylic acids is 2. The lowest BCUT2D eigenvalue weighted by Crippen LogP contribution is -2.52. The lowest BCUT2D eigenvalue weighted by molar-refractivity contribution is 0.101. The van der Waals surface area contributed by atoms with E-state index in [1.54, 1.807) is 6.92 Å². The van der Waals surface area contributed by atoms with Crippen LogP contribution in [0.5, 0.6) is 0 Å². The molecule has 1 aromatic carbocycles. The number of thiol groups is 1. The van der Waals surface area contributed by atoms with Crippen LogP contribution in [0.1, 0.15) is 49.4 Å². The monoisotopic (exact) mass is 326 g/mol. The summed E-state index contributed by atoms with van der Waals surface area (Å²) >= 11 is 0. The van der Waals surface area contributed by atoms with Gasteiger partial charge in [0.15, 0.2) is 16.5 Å². The average molecular weight is 326 g/mol. The van der Waals surface area contributed by atoms with Crippen LogP contribution in [0, 0.1) is 0 Å². The maximum Gasteiger partial charge on any atom is 0.313 e. The van der Waals surface area contributed by atoms with Crippen LogP contribution in [0.2, 0.25) is 0 Å². The Kier molecular flexibility index (Phi) is 7.04. The van der Waals surface area contributed by atoms with Gasteiger partial charge in [0.05, 0.1) is 0 Å². The Morgan fingerprint density at radius 1 is 1.09 bits per heavy atom. The molecule has 0 saturated heterocycles. The minimum Gasteiger partial charge on any atom is -0.352 e. The molecule has 1 fully saturated rings. The fraction of sp³-hybridized carbons (Fsp3) is 0.467. The molecule has 1 aliphatic carbocycles. The van der Waals surface area contributed by atoms with Gasteiger partial charge in [-0.3, -0.25) is 4.79 Å². The van der Waals surface area contributed by atoms with Crippen LogP contribution in [-0.4, -0.2) is 25.1 Å². The number of hydrogen-bond acceptors (Lipinski definition) is 4. The van der Waals surface area contributed by atoms with Gasteiger partial charge in [0.25, 0.3) is 0 Å². The number of benzene rings is 1. The molecule has 2 rings (SSSR count). The van der Waals surface area contributed by atoms with Gasteiger partial charge in [0, 0.05) is 5.56 Å². The molecule has 1 saturated carbocycles. The largest absolute Gasteiger partial charge is 0.352 e. The van der Waals surface area contributed by atoms with Gasteiger partial charge in [0.1, 0.15) is 4.87 Å². The van der Waals surface area contributed by atoms with Crippen LogP contribution in [0.25, 0.3) is 0 Å². The van der Waals surface area contributed by atoms with Crippen LogP contribution < -0.4 is 11.1 Å². The van der Waals surface area contributed by atoms with Crippen LogP contribution in [0.3, 0.4) is 0 Å². The summed E-state index contributed by atoms with van der Waals surface area (Å²) in [5.41, 5.74) is 5.70. The van der Waals surface area contributed by atoms with E-state index in [9.17, 15) is 18.0 Å². The molecule has 0 radical (unpaired) electrons. The third kappa shape index (κ3) is 5.48. The van der Waals surface area contributed by atoms with E-state index >= 15 is 0 Å². The summed E-state index contributed by atoms with van der Waals surface area (Å²) in [4.78, 5) is 20.2. The number of urea groups is 1. The molecular formula is C15H22N2O4S. The second kappa shape index (κ2) is 8.53. The first kappa shape index (κ1) is 18.2. The second-order valence-corrected chi connectivity index (χ2v) is 6.63. The van der Waals surface area contributed by atoms with E-state index in [4.69, 9.17) is 5.73 Å². The smallest absolute Gasteiger partial charge is 0.313 e. The van der Waals surface area contributed by atoms with Gasteiger partial charge in [-0.1, -0.05) is 49.6 Å². The molecule has 6 nitrogen and oxygen atoms in total. The minimum absolute atomic E-state index is 0.121. The molecule has 3 N–H and O–H groups in total. The van der Waals surface area contributed by atoms with Crippen molar-refractivity contribution in [1.29, 1.82) is 0 Å². The zero-order valence-electron chi connectivity index (χ0n) is 12.6. The zero-order chi connectivity index (χ0) is 16.6. The highest BCUT2D eigenvalue weighted by atomic mass is 32.2. The maximum atomic E-state index is 11.0. The summed E-state index contributed by atoms with van der Waals surface area (Å²) in [5, 5.41) is 2.34. The van der Waals surface area contributed by atoms with Gasteiger partial charge in [-0.15, -0.1) is 0 Å². The highest BCUT2D eigenvalue weighted by Crippen LogP contribution is 2.28. The molecule has 1 aliphatic rings. The Morgan fingerprint density at radius 3 is 2.00 bits per heavy atom. The van der Waals surface area contributed by atoms with Crippen molar-refractivity contribution >= 4 is 22.5 Å². The average Bonchev–Trinajstić information content (AvgIpc) is 2.49. The Bertz CT molecular complexity index is 570. The van der Waals surface area contributed by atoms with E-state index in [2.05, 4.69) is 5.32 Å². The third-order valence-corrected chi connectivity index (χ3v) is 4.82. The van der Waals surface area contributed by atoms with Crippen LogP contribution in [-0.2, 0) is 10.7 Å². The topological polar surface area (TPSA) is 106 Å². The molecule has 0 spiro atoms. The van der Waals surface area contributed by atoms with E-state index < -0.39 is 21.6 Å². The van der Waals surface area contributed by atoms with Crippen LogP contribution in [0.4, 0.5) is 4.79 Å². The number of nitrogens with one attached hydrogen (secondary N) is 1. The first-order valence-electron chi connectivity index (χ1n) is 7.15. The quantitative estimate of drug-likeness (QED) is 0.582. The Hall–Kier alpha value is -1.89. The highest BCUT2D eigenvalue weighted by molar-refractivity contribution is 7.74. The predicted molar refractivity (Wildman–Crippen MR) is 85.3 cm³/mol. The van der Waals surface area contributed by atoms with E-state index in [0.717, 1.165) is 24.8 Å². The van der Waals surface area contributed by atoms with E-state index in [-0.39, 0.29) is 5.78 Å². The van der Waals surface area contributed by atoms with Crippen molar-refractivity contribution in [3.8, 4) is 0 Å². The molecule has 2 amide bonds. The molecule has 0 aromatic heterocycles. The first-order chi connectivity index (χ1) is 10.4. The van der Waals surface area contributed by atoms with Crippen molar-refractivity contribution in [3.05, 3.63) is 35.9 Å². The van der Waals surface area contributed by atoms with Crippen LogP contribution >= 0.6 is 0 Å². The van der Waals surface area contributed by atoms with E-state index in [1.165, 1.54) is 0 Å². The third-order valence-electron chi connectivity index (χ3n) is 3.57. The van der Waals surface area contributed by atoms with Gasteiger partial charge in [-0.05, 0) is 19.8 Å². The fourth-order valence-corrected chi connectivity index (χ4v) is 3.27. The summed E-state index contributed by atoms with van der Waals surface area (Å²) in [6.07, 6.45) is 3.63. The summed E-state index contributed by atoms with van der Waals surface area (Å²) in [7, 11) is -2.65. The number of hydrogen-bond donors (Lipinski definition) is 3. The molecule has 122 valence electrons. The predicted octanol–water partition coefficient (Wildman–Crippen LogP) is 1.82. The van der Waals surface area contributed by atoms with Gasteiger partial charge >= 0.3 is 6.03 Å². The van der Waals surface area contributed by atoms with E-state index in [0.29, 0.717) is 12.8 Å². The molecule has 22 heavy (non-hydrogen) atoms. The molecule has 0 bridgehead atoms. The number of Topliss-reactive ketones (excluding diaryl/α,β-unsaturated/α-hetero) is 1. The number of carbonyl (C=O) groups is 2. The molecule has 0 unspecified atom stereocenters. The molecule has 7 heteroatoms. The molecule has 0 atom stereocenters. The summed E-state index contributed by atoms with van der Waals surface area (Å²) in [5.74, 6) is 0.121. The number of nitrogens with two attached hydrogens (primary N) is 1. The van der Waals surface area contributed by atoms with E-state index in [1.807, 2.05) is 30.3 Å². The first-order valence-corrected chi connectivity index (χ1v) is 8.33. The minimum atomic E-state index is -2.65. The molecule has 1 aromatic rings. The Balaban J connectivity index is 0.000000235. The molecule has 0 aliphatic heterocycles. The van der Waals surface area contributed by atoms with Crippen molar-refractivity contribution in [2.75, 3.05) is 0 Å². The summed E-state index contributed by atoms with van der Waals surface area (Å²) < 4.78 is 22.0. The Labute approximate surface area is 132 Å². The van der Waals surface area contributed by atoms with Gasteiger partial charge in [-0.25, -0.2) is 13.2 Å². The van der Waals surface area contributed by atoms with Crippen molar-refractivity contribution < 1.29 is 18.0 Å². The normalized spacial score (nSPS) is 16.3. The van der Waals surface area contributed by atoms with Crippen LogP contribution in [0.15, 0.2) is 30.3 Å². The number of amides is 2. The summed E-state index contributed by atoms with van der Waals surface area (Å²) in [6.45, 7) is 1.56. The maximum absolute atomic E-state index is 11.0. The lowest BCUT2D eigenvalue weighted by Gasteiger charge is -2.31. The highest BCUT2D eigenvalue weighted by Gasteiger charge is 2.36. The molecular weight excluding hydrogens is 304 g/mol. The SMILES string of the molecule is CC(=O)c1ccccc1.NC(=O)NC1([SH](=O)=O)CCCCC1. The number of rotatable bonds is 3. The van der Waals surface area contributed by atoms with Gasteiger partial charge in [0.2, 0.25) is 0 Å². The molecule has 0 heterocycles. The van der Waals surface area contributed by atoms with Crippen molar-refractivity contribution in [2.24, 2.45) is 5.73 Å². The van der Waals surface area contributed by atoms with Gasteiger partial charge in [-0.2, -0.15) is 0 Å². The standard InChI is InChI=1S/C8H8O.C7H14N2O3S/c1-7(9)8-5-3-2-4-6-8;8-6(10)9-7(13(11)12)4-2-1-3-5-7/h2-6H,1H3;13H,1-5H2,(H3,8,9,10). The Morgan fingerprint density at radius 2 is 1.64 bits per heavy atom. The summed E-state index contributed by atoms with van der Waals surface area (Å²) in [6, 6.07) is 8.46.